The smallest absolute Gasteiger partial charge is 0.252 e. The van der Waals surface area contributed by atoms with Gasteiger partial charge in [-0.2, -0.15) is 0 Å². The van der Waals surface area contributed by atoms with Gasteiger partial charge in [-0.1, -0.05) is 0 Å². The summed E-state index contributed by atoms with van der Waals surface area (Å²) in [4.78, 5) is 8.22. The van der Waals surface area contributed by atoms with Crippen molar-refractivity contribution in [1.82, 2.24) is 30.0 Å². The van der Waals surface area contributed by atoms with Crippen LogP contribution in [0, 0.1) is 0 Å². The van der Waals surface area contributed by atoms with Gasteiger partial charge >= 0.3 is 0 Å². The summed E-state index contributed by atoms with van der Waals surface area (Å²) in [5, 5.41) is 21.7. The zero-order valence-electron chi connectivity index (χ0n) is 14.9. The van der Waals surface area contributed by atoms with E-state index in [4.69, 9.17) is 4.74 Å². The lowest BCUT2D eigenvalue weighted by Crippen LogP contribution is -2.51. The fraction of sp³-hybridized carbons (Fsp3) is 0.368. The summed E-state index contributed by atoms with van der Waals surface area (Å²) in [6, 6.07) is 5.29. The number of ether oxygens (including phenoxy) is 1. The molecule has 0 radical (unpaired) electrons. The summed E-state index contributed by atoms with van der Waals surface area (Å²) in [5.41, 5.74) is 1.22. The average molecular weight is 382 g/mol. The molecule has 2 fully saturated rings. The van der Waals surface area contributed by atoms with Crippen LogP contribution in [0.15, 0.2) is 43.1 Å². The van der Waals surface area contributed by atoms with Crippen LogP contribution in [0.25, 0.3) is 17.1 Å². The Labute approximate surface area is 160 Å². The number of nitrogens with zero attached hydrogens (tertiary/aromatic N) is 5. The standard InChI is InChI=1S/C19H19FN6O2/c20-18-14-4-1-11(23-14)7-16(18)28-17-9-22-19(25-24-17)13-3-2-12(8-15(13)27)26-6-5-21-10-26/h2-3,5-6,8-11,14,16,18,23,27H,1,4,7H2/t11-,14+,16-,18+/m0/s1. The summed E-state index contributed by atoms with van der Waals surface area (Å²) in [5.74, 6) is 0.483. The molecule has 28 heavy (non-hydrogen) atoms. The van der Waals surface area contributed by atoms with Crippen molar-refractivity contribution < 1.29 is 14.2 Å². The third-order valence-electron chi connectivity index (χ3n) is 5.37. The fourth-order valence-corrected chi connectivity index (χ4v) is 3.95. The minimum atomic E-state index is -1.07. The zero-order chi connectivity index (χ0) is 19.1. The summed E-state index contributed by atoms with van der Waals surface area (Å²) >= 11 is 0. The molecule has 0 amide bonds. The van der Waals surface area contributed by atoms with Crippen LogP contribution in [0.1, 0.15) is 19.3 Å². The van der Waals surface area contributed by atoms with Gasteiger partial charge in [-0.25, -0.2) is 14.4 Å². The summed E-state index contributed by atoms with van der Waals surface area (Å²) in [7, 11) is 0. The van der Waals surface area contributed by atoms with E-state index in [-0.39, 0.29) is 23.5 Å². The number of hydrogen-bond acceptors (Lipinski definition) is 7. The highest BCUT2D eigenvalue weighted by Crippen LogP contribution is 2.32. The largest absolute Gasteiger partial charge is 0.507 e. The van der Waals surface area contributed by atoms with Crippen LogP contribution in [-0.4, -0.2) is 54.2 Å². The van der Waals surface area contributed by atoms with E-state index in [1.165, 1.54) is 6.20 Å². The van der Waals surface area contributed by atoms with Crippen molar-refractivity contribution >= 4 is 0 Å². The Morgan fingerprint density at radius 1 is 1.25 bits per heavy atom. The van der Waals surface area contributed by atoms with Crippen molar-refractivity contribution in [2.45, 2.75) is 43.6 Å². The number of hydrogen-bond donors (Lipinski definition) is 2. The summed E-state index contributed by atoms with van der Waals surface area (Å²) in [6.45, 7) is 0. The van der Waals surface area contributed by atoms with Crippen LogP contribution in [0.2, 0.25) is 0 Å². The molecule has 0 aliphatic carbocycles. The van der Waals surface area contributed by atoms with Crippen LogP contribution in [-0.2, 0) is 0 Å². The van der Waals surface area contributed by atoms with E-state index in [9.17, 15) is 9.50 Å². The third-order valence-corrected chi connectivity index (χ3v) is 5.37. The Bertz CT molecular complexity index is 965. The number of imidazole rings is 1. The van der Waals surface area contributed by atoms with Crippen LogP contribution in [0.4, 0.5) is 4.39 Å². The lowest BCUT2D eigenvalue weighted by molar-refractivity contribution is 0.0418. The molecule has 0 saturated carbocycles. The normalized spacial score (nSPS) is 26.3. The molecule has 4 atom stereocenters. The molecule has 2 N–H and O–H groups in total. The summed E-state index contributed by atoms with van der Waals surface area (Å²) < 4.78 is 22.0. The second-order valence-electron chi connectivity index (χ2n) is 7.18. The van der Waals surface area contributed by atoms with E-state index in [0.717, 1.165) is 18.5 Å². The van der Waals surface area contributed by atoms with Gasteiger partial charge in [0.25, 0.3) is 5.88 Å². The van der Waals surface area contributed by atoms with Gasteiger partial charge in [-0.15, -0.1) is 10.2 Å². The molecule has 144 valence electrons. The van der Waals surface area contributed by atoms with E-state index in [1.807, 2.05) is 6.07 Å². The molecule has 2 aliphatic heterocycles. The number of aromatic nitrogens is 5. The zero-order valence-corrected chi connectivity index (χ0v) is 14.9. The molecular formula is C19H19FN6O2. The van der Waals surface area contributed by atoms with E-state index in [1.54, 1.807) is 35.4 Å². The highest BCUT2D eigenvalue weighted by Gasteiger charge is 2.43. The van der Waals surface area contributed by atoms with Crippen molar-refractivity contribution in [3.63, 3.8) is 0 Å². The maximum absolute atomic E-state index is 14.5. The van der Waals surface area contributed by atoms with Crippen LogP contribution in [0.3, 0.4) is 0 Å². The first-order chi connectivity index (χ1) is 13.7. The Balaban J connectivity index is 1.32. The van der Waals surface area contributed by atoms with Gasteiger partial charge in [0.1, 0.15) is 11.9 Å². The lowest BCUT2D eigenvalue weighted by Gasteiger charge is -2.32. The van der Waals surface area contributed by atoms with Gasteiger partial charge in [0.15, 0.2) is 12.0 Å². The first kappa shape index (κ1) is 17.1. The van der Waals surface area contributed by atoms with E-state index < -0.39 is 12.3 Å². The number of piperidine rings is 1. The topological polar surface area (TPSA) is 98.0 Å². The molecule has 2 saturated heterocycles. The number of rotatable bonds is 4. The molecule has 3 aromatic rings. The van der Waals surface area contributed by atoms with Gasteiger partial charge < -0.3 is 19.7 Å². The molecule has 4 heterocycles. The number of aromatic hydroxyl groups is 1. The Morgan fingerprint density at radius 2 is 2.18 bits per heavy atom. The molecule has 2 aromatic heterocycles. The van der Waals surface area contributed by atoms with Gasteiger partial charge in [0.05, 0.1) is 23.8 Å². The average Bonchev–Trinajstić information content (AvgIpc) is 3.37. The van der Waals surface area contributed by atoms with Crippen LogP contribution in [0.5, 0.6) is 11.6 Å². The SMILES string of the molecule is Oc1cc(-n2ccnc2)ccc1-c1ncc(O[C@H]2C[C@@H]3CC[C@@H](N3)[C@H]2F)nn1. The molecule has 9 heteroatoms. The number of phenolic OH excluding ortho intramolecular Hbond substituents is 1. The maximum Gasteiger partial charge on any atom is 0.252 e. The Hall–Kier alpha value is -3.07. The highest BCUT2D eigenvalue weighted by atomic mass is 19.1. The van der Waals surface area contributed by atoms with Crippen molar-refractivity contribution in [3.05, 3.63) is 43.1 Å². The van der Waals surface area contributed by atoms with Gasteiger partial charge in [0.2, 0.25) is 0 Å². The Morgan fingerprint density at radius 3 is 2.93 bits per heavy atom. The molecule has 5 rings (SSSR count). The molecular weight excluding hydrogens is 363 g/mol. The number of fused-ring (bicyclic) bond motifs is 2. The van der Waals surface area contributed by atoms with Gasteiger partial charge in [-0.3, -0.25) is 0 Å². The van der Waals surface area contributed by atoms with E-state index >= 15 is 0 Å². The summed E-state index contributed by atoms with van der Waals surface area (Å²) in [6.07, 6.45) is 7.31. The van der Waals surface area contributed by atoms with Gasteiger partial charge in [-0.05, 0) is 25.0 Å². The van der Waals surface area contributed by atoms with E-state index in [2.05, 4.69) is 25.5 Å². The maximum atomic E-state index is 14.5. The second-order valence-corrected chi connectivity index (χ2v) is 7.18. The Kier molecular flexibility index (Phi) is 4.16. The molecule has 0 spiro atoms. The molecule has 8 nitrogen and oxygen atoms in total. The number of alkyl halides is 1. The number of nitrogens with one attached hydrogen (secondary N) is 1. The minimum absolute atomic E-state index is 0.0282. The first-order valence-electron chi connectivity index (χ1n) is 9.25. The molecule has 1 aromatic carbocycles. The van der Waals surface area contributed by atoms with Gasteiger partial charge in [0, 0.05) is 37.0 Å². The first-order valence-corrected chi connectivity index (χ1v) is 9.25. The minimum Gasteiger partial charge on any atom is -0.507 e. The molecule has 2 aliphatic rings. The predicted octanol–water partition coefficient (Wildman–Crippen LogP) is 2.04. The van der Waals surface area contributed by atoms with Crippen LogP contribution < -0.4 is 10.1 Å². The number of halogens is 1. The number of benzene rings is 1. The van der Waals surface area contributed by atoms with Crippen molar-refractivity contribution in [2.75, 3.05) is 0 Å². The van der Waals surface area contributed by atoms with Crippen molar-refractivity contribution in [2.24, 2.45) is 0 Å². The monoisotopic (exact) mass is 382 g/mol. The highest BCUT2D eigenvalue weighted by molar-refractivity contribution is 5.65. The van der Waals surface area contributed by atoms with E-state index in [0.29, 0.717) is 18.0 Å². The third kappa shape index (κ3) is 3.07. The predicted molar refractivity (Wildman–Crippen MR) is 97.9 cm³/mol. The van der Waals surface area contributed by atoms with Crippen molar-refractivity contribution in [1.29, 1.82) is 0 Å². The number of phenols is 1. The van der Waals surface area contributed by atoms with Crippen LogP contribution >= 0.6 is 0 Å². The lowest BCUT2D eigenvalue weighted by atomic mass is 10.0. The van der Waals surface area contributed by atoms with Crippen molar-refractivity contribution in [3.8, 4) is 28.7 Å². The molecule has 0 unspecified atom stereocenters. The molecule has 2 bridgehead atoms. The second kappa shape index (κ2) is 6.83. The fourth-order valence-electron chi connectivity index (χ4n) is 3.95. The quantitative estimate of drug-likeness (QED) is 0.712.